The van der Waals surface area contributed by atoms with Crippen molar-refractivity contribution in [3.05, 3.63) is 41.6 Å². The first-order valence-electron chi connectivity index (χ1n) is 7.75. The molecule has 1 amide bonds. The number of carbonyl (C=O) groups is 1. The van der Waals surface area contributed by atoms with Crippen molar-refractivity contribution < 1.29 is 4.79 Å². The van der Waals surface area contributed by atoms with E-state index in [9.17, 15) is 4.79 Å². The van der Waals surface area contributed by atoms with Gasteiger partial charge in [0.2, 0.25) is 12.4 Å². The van der Waals surface area contributed by atoms with Crippen molar-refractivity contribution in [1.29, 1.82) is 5.26 Å². The van der Waals surface area contributed by atoms with Gasteiger partial charge in [-0.25, -0.2) is 4.98 Å². The van der Waals surface area contributed by atoms with E-state index >= 15 is 0 Å². The van der Waals surface area contributed by atoms with E-state index in [2.05, 4.69) is 26.3 Å². The first kappa shape index (κ1) is 15.7. The van der Waals surface area contributed by atoms with Crippen LogP contribution >= 0.6 is 0 Å². The molecule has 2 aromatic rings. The molecule has 0 bridgehead atoms. The summed E-state index contributed by atoms with van der Waals surface area (Å²) in [6, 6.07) is 11.2. The van der Waals surface area contributed by atoms with Gasteiger partial charge in [0.15, 0.2) is 0 Å². The predicted molar refractivity (Wildman–Crippen MR) is 91.1 cm³/mol. The van der Waals surface area contributed by atoms with Crippen LogP contribution in [0.5, 0.6) is 0 Å². The van der Waals surface area contributed by atoms with Crippen LogP contribution in [0.3, 0.4) is 0 Å². The van der Waals surface area contributed by atoms with Gasteiger partial charge in [0.25, 0.3) is 0 Å². The number of rotatable bonds is 4. The highest BCUT2D eigenvalue weighted by molar-refractivity contribution is 5.57. The standard InChI is InChI=1S/C17H18N6O/c1-13-10-16(23-8-6-22(12-24)7-9-23)21-17(19-13)20-15-4-2-14(11-18)3-5-15/h2-5,10,12H,6-9H2,1H3,(H,19,20,21). The smallest absolute Gasteiger partial charge is 0.229 e. The molecule has 1 aliphatic heterocycles. The van der Waals surface area contributed by atoms with Gasteiger partial charge in [-0.3, -0.25) is 4.79 Å². The van der Waals surface area contributed by atoms with Crippen molar-refractivity contribution in [2.45, 2.75) is 6.92 Å². The molecule has 0 radical (unpaired) electrons. The van der Waals surface area contributed by atoms with Crippen molar-refractivity contribution in [2.75, 3.05) is 36.4 Å². The van der Waals surface area contributed by atoms with Gasteiger partial charge in [-0.05, 0) is 31.2 Å². The van der Waals surface area contributed by atoms with Crippen LogP contribution in [-0.2, 0) is 4.79 Å². The second-order valence-electron chi connectivity index (χ2n) is 5.63. The van der Waals surface area contributed by atoms with Crippen LogP contribution in [0.25, 0.3) is 0 Å². The average Bonchev–Trinajstić information content (AvgIpc) is 2.62. The van der Waals surface area contributed by atoms with Crippen LogP contribution in [0.15, 0.2) is 30.3 Å². The summed E-state index contributed by atoms with van der Waals surface area (Å²) in [5, 5.41) is 12.0. The van der Waals surface area contributed by atoms with Crippen LogP contribution in [0.2, 0.25) is 0 Å². The first-order chi connectivity index (χ1) is 11.7. The Morgan fingerprint density at radius 1 is 1.17 bits per heavy atom. The van der Waals surface area contributed by atoms with Gasteiger partial charge in [-0.2, -0.15) is 10.2 Å². The summed E-state index contributed by atoms with van der Waals surface area (Å²) in [5.74, 6) is 1.37. The second kappa shape index (κ2) is 6.96. The van der Waals surface area contributed by atoms with E-state index in [1.807, 2.05) is 25.1 Å². The molecule has 0 aliphatic carbocycles. The predicted octanol–water partition coefficient (Wildman–Crippen LogP) is 1.68. The zero-order valence-electron chi connectivity index (χ0n) is 13.4. The Hall–Kier alpha value is -3.14. The summed E-state index contributed by atoms with van der Waals surface area (Å²) in [6.45, 7) is 4.84. The zero-order chi connectivity index (χ0) is 16.9. The second-order valence-corrected chi connectivity index (χ2v) is 5.63. The van der Waals surface area contributed by atoms with Crippen molar-refractivity contribution in [1.82, 2.24) is 14.9 Å². The van der Waals surface area contributed by atoms with E-state index in [0.717, 1.165) is 36.7 Å². The van der Waals surface area contributed by atoms with Gasteiger partial charge in [0, 0.05) is 43.6 Å². The molecule has 0 unspecified atom stereocenters. The third kappa shape index (κ3) is 3.60. The highest BCUT2D eigenvalue weighted by Gasteiger charge is 2.17. The minimum atomic E-state index is 0.521. The van der Waals surface area contributed by atoms with Crippen LogP contribution in [0, 0.1) is 18.3 Å². The Kier molecular flexibility index (Phi) is 4.57. The van der Waals surface area contributed by atoms with E-state index in [1.54, 1.807) is 17.0 Å². The first-order valence-corrected chi connectivity index (χ1v) is 7.75. The summed E-state index contributed by atoms with van der Waals surface area (Å²) in [7, 11) is 0. The highest BCUT2D eigenvalue weighted by atomic mass is 16.1. The van der Waals surface area contributed by atoms with E-state index < -0.39 is 0 Å². The van der Waals surface area contributed by atoms with Crippen molar-refractivity contribution in [3.8, 4) is 6.07 Å². The van der Waals surface area contributed by atoms with Gasteiger partial charge < -0.3 is 15.1 Å². The number of piperazine rings is 1. The third-order valence-corrected chi connectivity index (χ3v) is 3.90. The van der Waals surface area contributed by atoms with Crippen LogP contribution in [0.4, 0.5) is 17.5 Å². The monoisotopic (exact) mass is 322 g/mol. The third-order valence-electron chi connectivity index (χ3n) is 3.90. The van der Waals surface area contributed by atoms with Gasteiger partial charge in [0.1, 0.15) is 5.82 Å². The zero-order valence-corrected chi connectivity index (χ0v) is 13.4. The lowest BCUT2D eigenvalue weighted by atomic mass is 10.2. The Morgan fingerprint density at radius 2 is 1.88 bits per heavy atom. The van der Waals surface area contributed by atoms with E-state index in [-0.39, 0.29) is 0 Å². The summed E-state index contributed by atoms with van der Waals surface area (Å²) >= 11 is 0. The fourth-order valence-corrected chi connectivity index (χ4v) is 2.58. The topological polar surface area (TPSA) is 85.1 Å². The fourth-order valence-electron chi connectivity index (χ4n) is 2.58. The molecule has 7 heteroatoms. The number of hydrogen-bond donors (Lipinski definition) is 1. The number of nitrogens with one attached hydrogen (secondary N) is 1. The molecule has 1 aliphatic rings. The molecule has 0 saturated carbocycles. The van der Waals surface area contributed by atoms with Crippen LogP contribution in [-0.4, -0.2) is 47.5 Å². The Balaban J connectivity index is 1.76. The number of aromatic nitrogens is 2. The molecule has 3 rings (SSSR count). The van der Waals surface area contributed by atoms with E-state index in [0.29, 0.717) is 24.6 Å². The summed E-state index contributed by atoms with van der Waals surface area (Å²) < 4.78 is 0. The number of benzene rings is 1. The SMILES string of the molecule is Cc1cc(N2CCN(C=O)CC2)nc(Nc2ccc(C#N)cc2)n1. The average molecular weight is 322 g/mol. The largest absolute Gasteiger partial charge is 0.353 e. The van der Waals surface area contributed by atoms with Gasteiger partial charge in [-0.1, -0.05) is 0 Å². The quantitative estimate of drug-likeness (QED) is 0.862. The molecule has 0 spiro atoms. The molecule has 24 heavy (non-hydrogen) atoms. The van der Waals surface area contributed by atoms with Crippen LogP contribution in [0.1, 0.15) is 11.3 Å². The Morgan fingerprint density at radius 3 is 2.50 bits per heavy atom. The number of nitriles is 1. The minimum Gasteiger partial charge on any atom is -0.353 e. The maximum Gasteiger partial charge on any atom is 0.229 e. The normalized spacial score (nSPS) is 14.2. The lowest BCUT2D eigenvalue weighted by molar-refractivity contribution is -0.118. The van der Waals surface area contributed by atoms with Crippen molar-refractivity contribution in [3.63, 3.8) is 0 Å². The number of nitrogens with zero attached hydrogens (tertiary/aromatic N) is 5. The van der Waals surface area contributed by atoms with Crippen molar-refractivity contribution >= 4 is 23.9 Å². The molecule has 1 aromatic carbocycles. The number of hydrogen-bond acceptors (Lipinski definition) is 6. The lowest BCUT2D eigenvalue weighted by Gasteiger charge is -2.33. The molecule has 1 N–H and O–H groups in total. The Labute approximate surface area is 140 Å². The lowest BCUT2D eigenvalue weighted by Crippen LogP contribution is -2.46. The molecule has 7 nitrogen and oxygen atoms in total. The molecular formula is C17H18N6O. The Bertz CT molecular complexity index is 760. The maximum atomic E-state index is 10.8. The molecule has 0 atom stereocenters. The number of carbonyl (C=O) groups excluding carboxylic acids is 1. The van der Waals surface area contributed by atoms with Crippen LogP contribution < -0.4 is 10.2 Å². The highest BCUT2D eigenvalue weighted by Crippen LogP contribution is 2.19. The summed E-state index contributed by atoms with van der Waals surface area (Å²) in [4.78, 5) is 23.7. The summed E-state index contributed by atoms with van der Waals surface area (Å²) in [6.07, 6.45) is 0.889. The molecular weight excluding hydrogens is 304 g/mol. The van der Waals surface area contributed by atoms with Crippen molar-refractivity contribution in [2.24, 2.45) is 0 Å². The van der Waals surface area contributed by atoms with Gasteiger partial charge in [-0.15, -0.1) is 0 Å². The fraction of sp³-hybridized carbons (Fsp3) is 0.294. The molecule has 1 fully saturated rings. The molecule has 1 saturated heterocycles. The number of anilines is 3. The maximum absolute atomic E-state index is 10.8. The summed E-state index contributed by atoms with van der Waals surface area (Å²) in [5.41, 5.74) is 2.31. The molecule has 1 aromatic heterocycles. The molecule has 2 heterocycles. The van der Waals surface area contributed by atoms with Gasteiger partial charge >= 0.3 is 0 Å². The molecule has 122 valence electrons. The number of aryl methyl sites for hydroxylation is 1. The van der Waals surface area contributed by atoms with E-state index in [4.69, 9.17) is 5.26 Å². The van der Waals surface area contributed by atoms with E-state index in [1.165, 1.54) is 0 Å². The van der Waals surface area contributed by atoms with Gasteiger partial charge in [0.05, 0.1) is 11.6 Å². The minimum absolute atomic E-state index is 0.521. The number of amides is 1.